The van der Waals surface area contributed by atoms with Gasteiger partial charge in [0.15, 0.2) is 5.11 Å². The van der Waals surface area contributed by atoms with Gasteiger partial charge in [-0.05, 0) is 42.5 Å². The number of methoxy groups -OCH3 is 2. The van der Waals surface area contributed by atoms with E-state index in [1.54, 1.807) is 37.8 Å². The first-order chi connectivity index (χ1) is 15.2. The van der Waals surface area contributed by atoms with Crippen LogP contribution in [0.15, 0.2) is 60.9 Å². The quantitative estimate of drug-likeness (QED) is 0.349. The van der Waals surface area contributed by atoms with Gasteiger partial charge in [0.2, 0.25) is 0 Å². The normalized spacial score (nSPS) is 10.1. The van der Waals surface area contributed by atoms with Crippen molar-refractivity contribution in [2.75, 3.05) is 24.9 Å². The molecule has 0 unspecified atom stereocenters. The van der Waals surface area contributed by atoms with E-state index in [1.165, 1.54) is 0 Å². The van der Waals surface area contributed by atoms with Crippen LogP contribution in [-0.2, 0) is 0 Å². The second-order valence-corrected chi connectivity index (χ2v) is 7.53. The Morgan fingerprint density at radius 1 is 1.00 bits per heavy atom. The molecule has 2 heterocycles. The van der Waals surface area contributed by atoms with Crippen molar-refractivity contribution in [3.05, 3.63) is 60.9 Å². The van der Waals surface area contributed by atoms with Crippen LogP contribution >= 0.6 is 23.6 Å². The monoisotopic (exact) mass is 452 g/mol. The number of nitrogens with one attached hydrogen (secondary N) is 2. The Balaban J connectivity index is 0.00000132. The van der Waals surface area contributed by atoms with Crippen molar-refractivity contribution in [1.29, 1.82) is 0 Å². The number of ether oxygens (including phenoxy) is 2. The second kappa shape index (κ2) is 10.7. The Morgan fingerprint density at radius 2 is 1.84 bits per heavy atom. The lowest BCUT2D eigenvalue weighted by Gasteiger charge is -2.14. The maximum atomic E-state index is 5.47. The van der Waals surface area contributed by atoms with Gasteiger partial charge in [0.05, 0.1) is 30.1 Å². The molecule has 160 valence electrons. The van der Waals surface area contributed by atoms with E-state index < -0.39 is 0 Å². The lowest BCUT2D eigenvalue weighted by atomic mass is 10.2. The minimum Gasteiger partial charge on any atom is -0.497 e. The van der Waals surface area contributed by atoms with Gasteiger partial charge in [-0.3, -0.25) is 4.98 Å². The number of fused-ring (bicyclic) bond motifs is 1. The van der Waals surface area contributed by atoms with Gasteiger partial charge in [-0.1, -0.05) is 26.0 Å². The van der Waals surface area contributed by atoms with Crippen molar-refractivity contribution in [1.82, 2.24) is 9.97 Å². The summed E-state index contributed by atoms with van der Waals surface area (Å²) in [6.45, 7) is 4.00. The number of thiocarbonyl (C=S) groups is 1. The highest BCUT2D eigenvalue weighted by molar-refractivity contribution is 7.80. The highest BCUT2D eigenvalue weighted by atomic mass is 32.1. The van der Waals surface area contributed by atoms with Crippen LogP contribution in [0.4, 0.5) is 11.4 Å². The number of nitrogens with zero attached hydrogens (tertiary/aromatic N) is 2. The van der Waals surface area contributed by atoms with Crippen LogP contribution in [0.1, 0.15) is 13.8 Å². The SMILES string of the molecule is CC.COc1ccc(NC(=S)Nc2cccc(-c3nc4ccncc4s3)c2)c(OC)c1. The van der Waals surface area contributed by atoms with Gasteiger partial charge in [-0.25, -0.2) is 4.98 Å². The van der Waals surface area contributed by atoms with E-state index in [0.717, 1.165) is 32.2 Å². The fourth-order valence-corrected chi connectivity index (χ4v) is 3.98. The number of benzene rings is 2. The molecule has 0 fully saturated rings. The third-order valence-corrected chi connectivity index (χ3v) is 5.47. The molecule has 8 heteroatoms. The molecule has 0 aliphatic rings. The van der Waals surface area contributed by atoms with E-state index in [4.69, 9.17) is 21.7 Å². The number of rotatable bonds is 5. The van der Waals surface area contributed by atoms with Crippen LogP contribution in [0.25, 0.3) is 20.8 Å². The van der Waals surface area contributed by atoms with Crippen LogP contribution < -0.4 is 20.1 Å². The molecule has 0 saturated carbocycles. The molecule has 0 aliphatic heterocycles. The van der Waals surface area contributed by atoms with Crippen molar-refractivity contribution in [2.45, 2.75) is 13.8 Å². The molecule has 0 radical (unpaired) electrons. The van der Waals surface area contributed by atoms with E-state index >= 15 is 0 Å². The van der Waals surface area contributed by atoms with Crippen molar-refractivity contribution >= 4 is 50.3 Å². The minimum absolute atomic E-state index is 0.458. The Hall–Kier alpha value is -3.23. The number of pyridine rings is 1. The van der Waals surface area contributed by atoms with Crippen LogP contribution in [0.2, 0.25) is 0 Å². The second-order valence-electron chi connectivity index (χ2n) is 6.09. The van der Waals surface area contributed by atoms with Crippen LogP contribution in [0, 0.1) is 0 Å². The summed E-state index contributed by atoms with van der Waals surface area (Å²) in [5.74, 6) is 1.36. The molecule has 0 saturated heterocycles. The maximum absolute atomic E-state index is 5.47. The first-order valence-electron chi connectivity index (χ1n) is 9.77. The van der Waals surface area contributed by atoms with E-state index in [-0.39, 0.29) is 0 Å². The third kappa shape index (κ3) is 5.48. The molecule has 31 heavy (non-hydrogen) atoms. The fraction of sp³-hybridized carbons (Fsp3) is 0.174. The molecule has 0 atom stereocenters. The van der Waals surface area contributed by atoms with Gasteiger partial charge < -0.3 is 20.1 Å². The van der Waals surface area contributed by atoms with Crippen molar-refractivity contribution in [3.8, 4) is 22.1 Å². The van der Waals surface area contributed by atoms with Crippen LogP contribution in [-0.4, -0.2) is 29.3 Å². The van der Waals surface area contributed by atoms with Crippen molar-refractivity contribution < 1.29 is 9.47 Å². The zero-order chi connectivity index (χ0) is 22.2. The molecule has 0 bridgehead atoms. The lowest BCUT2D eigenvalue weighted by Crippen LogP contribution is -2.19. The summed E-state index contributed by atoms with van der Waals surface area (Å²) in [6.07, 6.45) is 3.58. The Kier molecular flexibility index (Phi) is 7.75. The van der Waals surface area contributed by atoms with Gasteiger partial charge >= 0.3 is 0 Å². The Labute approximate surface area is 191 Å². The molecule has 2 aromatic carbocycles. The molecule has 2 aromatic heterocycles. The van der Waals surface area contributed by atoms with Gasteiger partial charge in [0.1, 0.15) is 16.5 Å². The summed E-state index contributed by atoms with van der Waals surface area (Å²) in [7, 11) is 3.22. The van der Waals surface area contributed by atoms with Gasteiger partial charge in [-0.15, -0.1) is 11.3 Å². The molecular formula is C23H24N4O2S2. The fourth-order valence-electron chi connectivity index (χ4n) is 2.82. The zero-order valence-electron chi connectivity index (χ0n) is 17.8. The first kappa shape index (κ1) is 22.5. The van der Waals surface area contributed by atoms with Gasteiger partial charge in [-0.2, -0.15) is 0 Å². The largest absolute Gasteiger partial charge is 0.497 e. The van der Waals surface area contributed by atoms with E-state index in [0.29, 0.717) is 16.6 Å². The summed E-state index contributed by atoms with van der Waals surface area (Å²) in [5, 5.41) is 7.77. The predicted octanol–water partition coefficient (Wildman–Crippen LogP) is 6.21. The molecular weight excluding hydrogens is 428 g/mol. The summed E-state index contributed by atoms with van der Waals surface area (Å²) in [6, 6.07) is 15.4. The first-order valence-corrected chi connectivity index (χ1v) is 11.0. The molecule has 0 spiro atoms. The molecule has 4 rings (SSSR count). The average molecular weight is 453 g/mol. The van der Waals surface area contributed by atoms with E-state index in [2.05, 4.69) is 20.6 Å². The molecule has 6 nitrogen and oxygen atoms in total. The van der Waals surface area contributed by atoms with E-state index in [1.807, 2.05) is 62.5 Å². The summed E-state index contributed by atoms with van der Waals surface area (Å²) >= 11 is 7.08. The van der Waals surface area contributed by atoms with Gasteiger partial charge in [0.25, 0.3) is 0 Å². The lowest BCUT2D eigenvalue weighted by molar-refractivity contribution is 0.395. The van der Waals surface area contributed by atoms with Crippen molar-refractivity contribution in [3.63, 3.8) is 0 Å². The highest BCUT2D eigenvalue weighted by Gasteiger charge is 2.09. The van der Waals surface area contributed by atoms with Gasteiger partial charge in [0, 0.05) is 29.7 Å². The standard InChI is InChI=1S/C21H18N4O2S2.C2H6/c1-26-15-6-7-16(18(11-15)27-2)25-21(28)23-14-5-3-4-13(10-14)20-24-17-8-9-22-12-19(17)29-20;1-2/h3-12H,1-2H3,(H2,23,25,28);1-2H3. The zero-order valence-corrected chi connectivity index (χ0v) is 19.4. The maximum Gasteiger partial charge on any atom is 0.175 e. The number of hydrogen-bond donors (Lipinski definition) is 2. The Bertz CT molecular complexity index is 1140. The predicted molar refractivity (Wildman–Crippen MR) is 134 cm³/mol. The van der Waals surface area contributed by atoms with E-state index in [9.17, 15) is 0 Å². The summed E-state index contributed by atoms with van der Waals surface area (Å²) in [5.41, 5.74) is 3.58. The number of aromatic nitrogens is 2. The van der Waals surface area contributed by atoms with Crippen molar-refractivity contribution in [2.24, 2.45) is 0 Å². The minimum atomic E-state index is 0.458. The van der Waals surface area contributed by atoms with Crippen LogP contribution in [0.3, 0.4) is 0 Å². The van der Waals surface area contributed by atoms with Crippen LogP contribution in [0.5, 0.6) is 11.5 Å². The third-order valence-electron chi connectivity index (χ3n) is 4.22. The average Bonchev–Trinajstić information content (AvgIpc) is 3.25. The topological polar surface area (TPSA) is 68.3 Å². The highest BCUT2D eigenvalue weighted by Crippen LogP contribution is 2.31. The molecule has 2 N–H and O–H groups in total. The number of anilines is 2. The molecule has 0 aliphatic carbocycles. The smallest absolute Gasteiger partial charge is 0.175 e. The molecule has 4 aromatic rings. The number of thiazole rings is 1. The summed E-state index contributed by atoms with van der Waals surface area (Å²) < 4.78 is 11.7. The molecule has 0 amide bonds. The summed E-state index contributed by atoms with van der Waals surface area (Å²) in [4.78, 5) is 8.84. The number of hydrogen-bond acceptors (Lipinski definition) is 6. The Morgan fingerprint density at radius 3 is 2.58 bits per heavy atom.